The fourth-order valence-electron chi connectivity index (χ4n) is 3.83. The lowest BCUT2D eigenvalue weighted by molar-refractivity contribution is -0.129. The summed E-state index contributed by atoms with van der Waals surface area (Å²) in [5.41, 5.74) is 3.76. The second-order valence-corrected chi connectivity index (χ2v) is 10.5. The number of nitrogens with zero attached hydrogens (tertiary/aromatic N) is 2. The molecule has 0 N–H and O–H groups in total. The first kappa shape index (κ1) is 21.9. The number of piperazine rings is 1. The zero-order valence-electron chi connectivity index (χ0n) is 17.4. The number of benzene rings is 2. The molecule has 156 valence electrons. The van der Waals surface area contributed by atoms with Gasteiger partial charge in [-0.05, 0) is 50.5 Å². The molecule has 1 heterocycles. The van der Waals surface area contributed by atoms with Gasteiger partial charge in [0, 0.05) is 31.1 Å². The first-order chi connectivity index (χ1) is 13.7. The standard InChI is InChI=1S/C22H28N2O3S2/c1-16-13-18(3)22(19(4)14-16)29(26,27)24-11-9-23(10-12-24)21(25)15-28-20-8-6-5-7-17(20)2/h5-8,13-14H,9-12,15H2,1-4H3. The van der Waals surface area contributed by atoms with Gasteiger partial charge in [-0.1, -0.05) is 35.9 Å². The van der Waals surface area contributed by atoms with Gasteiger partial charge in [0.1, 0.15) is 0 Å². The van der Waals surface area contributed by atoms with E-state index in [1.54, 1.807) is 4.90 Å². The average Bonchev–Trinajstić information content (AvgIpc) is 2.66. The van der Waals surface area contributed by atoms with Gasteiger partial charge in [-0.25, -0.2) is 8.42 Å². The Labute approximate surface area is 178 Å². The number of carbonyl (C=O) groups is 1. The summed E-state index contributed by atoms with van der Waals surface area (Å²) >= 11 is 1.53. The van der Waals surface area contributed by atoms with Crippen LogP contribution in [0.4, 0.5) is 0 Å². The molecule has 2 aromatic rings. The van der Waals surface area contributed by atoms with E-state index >= 15 is 0 Å². The lowest BCUT2D eigenvalue weighted by atomic mass is 10.1. The molecule has 0 aromatic heterocycles. The summed E-state index contributed by atoms with van der Waals surface area (Å²) in [4.78, 5) is 15.9. The number of amides is 1. The van der Waals surface area contributed by atoms with Crippen LogP contribution in [0, 0.1) is 27.7 Å². The first-order valence-electron chi connectivity index (χ1n) is 9.74. The molecule has 1 amide bonds. The molecule has 0 radical (unpaired) electrons. The van der Waals surface area contributed by atoms with E-state index in [1.807, 2.05) is 64.1 Å². The molecule has 0 atom stereocenters. The van der Waals surface area contributed by atoms with E-state index in [0.717, 1.165) is 27.1 Å². The summed E-state index contributed by atoms with van der Waals surface area (Å²) in [6.45, 7) is 9.20. The van der Waals surface area contributed by atoms with Crippen molar-refractivity contribution in [3.05, 3.63) is 58.7 Å². The summed E-state index contributed by atoms with van der Waals surface area (Å²) in [6, 6.07) is 11.8. The van der Waals surface area contributed by atoms with Crippen LogP contribution in [0.3, 0.4) is 0 Å². The van der Waals surface area contributed by atoms with Crippen LogP contribution in [0.1, 0.15) is 22.3 Å². The molecule has 1 fully saturated rings. The van der Waals surface area contributed by atoms with Gasteiger partial charge in [-0.2, -0.15) is 4.31 Å². The van der Waals surface area contributed by atoms with Crippen LogP contribution in [0.15, 0.2) is 46.2 Å². The lowest BCUT2D eigenvalue weighted by Gasteiger charge is -2.34. The molecule has 0 spiro atoms. The highest BCUT2D eigenvalue weighted by molar-refractivity contribution is 8.00. The summed E-state index contributed by atoms with van der Waals surface area (Å²) in [7, 11) is -3.56. The van der Waals surface area contributed by atoms with Crippen molar-refractivity contribution in [2.24, 2.45) is 0 Å². The second kappa shape index (κ2) is 8.90. The molecule has 0 bridgehead atoms. The maximum Gasteiger partial charge on any atom is 0.243 e. The Bertz CT molecular complexity index is 987. The highest BCUT2D eigenvalue weighted by atomic mass is 32.2. The van der Waals surface area contributed by atoms with Crippen LogP contribution in [0.2, 0.25) is 0 Å². The van der Waals surface area contributed by atoms with E-state index in [0.29, 0.717) is 36.8 Å². The molecular formula is C22H28N2O3S2. The molecule has 1 aliphatic rings. The molecule has 1 aliphatic heterocycles. The largest absolute Gasteiger partial charge is 0.339 e. The normalized spacial score (nSPS) is 15.5. The van der Waals surface area contributed by atoms with Crippen LogP contribution in [0.5, 0.6) is 0 Å². The molecule has 5 nitrogen and oxygen atoms in total. The molecular weight excluding hydrogens is 404 g/mol. The van der Waals surface area contributed by atoms with Crippen molar-refractivity contribution in [1.82, 2.24) is 9.21 Å². The molecule has 0 unspecified atom stereocenters. The smallest absolute Gasteiger partial charge is 0.243 e. The minimum Gasteiger partial charge on any atom is -0.339 e. The summed E-state index contributed by atoms with van der Waals surface area (Å²) in [5.74, 6) is 0.423. The van der Waals surface area contributed by atoms with Crippen LogP contribution < -0.4 is 0 Å². The quantitative estimate of drug-likeness (QED) is 0.678. The Hall–Kier alpha value is -1.83. The SMILES string of the molecule is Cc1cc(C)c(S(=O)(=O)N2CCN(C(=O)CSc3ccccc3C)CC2)c(C)c1. The van der Waals surface area contributed by atoms with Gasteiger partial charge in [0.05, 0.1) is 10.6 Å². The van der Waals surface area contributed by atoms with Crippen molar-refractivity contribution < 1.29 is 13.2 Å². The van der Waals surface area contributed by atoms with E-state index in [9.17, 15) is 13.2 Å². The zero-order chi connectivity index (χ0) is 21.2. The first-order valence-corrected chi connectivity index (χ1v) is 12.2. The predicted molar refractivity (Wildman–Crippen MR) is 118 cm³/mol. The lowest BCUT2D eigenvalue weighted by Crippen LogP contribution is -2.51. The fourth-order valence-corrected chi connectivity index (χ4v) is 6.60. The van der Waals surface area contributed by atoms with Gasteiger partial charge in [-0.3, -0.25) is 4.79 Å². The van der Waals surface area contributed by atoms with Crippen molar-refractivity contribution in [2.45, 2.75) is 37.5 Å². The van der Waals surface area contributed by atoms with E-state index < -0.39 is 10.0 Å². The second-order valence-electron chi connectivity index (χ2n) is 7.57. The van der Waals surface area contributed by atoms with Crippen LogP contribution >= 0.6 is 11.8 Å². The monoisotopic (exact) mass is 432 g/mol. The molecule has 2 aromatic carbocycles. The van der Waals surface area contributed by atoms with Crippen molar-refractivity contribution >= 4 is 27.7 Å². The highest BCUT2D eigenvalue weighted by Crippen LogP contribution is 2.27. The number of hydrogen-bond acceptors (Lipinski definition) is 4. The van der Waals surface area contributed by atoms with Crippen molar-refractivity contribution in [3.8, 4) is 0 Å². The van der Waals surface area contributed by atoms with Crippen molar-refractivity contribution in [1.29, 1.82) is 0 Å². The third-order valence-corrected chi connectivity index (χ3v) is 8.60. The van der Waals surface area contributed by atoms with Gasteiger partial charge in [0.15, 0.2) is 0 Å². The average molecular weight is 433 g/mol. The van der Waals surface area contributed by atoms with Gasteiger partial charge >= 0.3 is 0 Å². The topological polar surface area (TPSA) is 57.7 Å². The van der Waals surface area contributed by atoms with E-state index in [2.05, 4.69) is 0 Å². The predicted octanol–water partition coefficient (Wildman–Crippen LogP) is 3.55. The molecule has 0 aliphatic carbocycles. The summed E-state index contributed by atoms with van der Waals surface area (Å²) in [6.07, 6.45) is 0. The zero-order valence-corrected chi connectivity index (χ0v) is 19.1. The Balaban J connectivity index is 1.63. The number of rotatable bonds is 5. The van der Waals surface area contributed by atoms with Gasteiger partial charge in [0.2, 0.25) is 15.9 Å². The number of hydrogen-bond donors (Lipinski definition) is 0. The maximum absolute atomic E-state index is 13.2. The maximum atomic E-state index is 13.2. The number of thioether (sulfide) groups is 1. The third kappa shape index (κ3) is 4.85. The summed E-state index contributed by atoms with van der Waals surface area (Å²) in [5, 5.41) is 0. The molecule has 7 heteroatoms. The van der Waals surface area contributed by atoms with Crippen molar-refractivity contribution in [3.63, 3.8) is 0 Å². The minimum absolute atomic E-state index is 0.0537. The van der Waals surface area contributed by atoms with Gasteiger partial charge in [0.25, 0.3) is 0 Å². The van der Waals surface area contributed by atoms with Gasteiger partial charge < -0.3 is 4.90 Å². The minimum atomic E-state index is -3.56. The van der Waals surface area contributed by atoms with Crippen LogP contribution in [-0.4, -0.2) is 55.5 Å². The number of sulfonamides is 1. The summed E-state index contributed by atoms with van der Waals surface area (Å²) < 4.78 is 27.9. The third-order valence-electron chi connectivity index (χ3n) is 5.24. The van der Waals surface area contributed by atoms with E-state index in [4.69, 9.17) is 0 Å². The number of carbonyl (C=O) groups excluding carboxylic acids is 1. The fraction of sp³-hybridized carbons (Fsp3) is 0.409. The van der Waals surface area contributed by atoms with E-state index in [-0.39, 0.29) is 5.91 Å². The highest BCUT2D eigenvalue weighted by Gasteiger charge is 2.32. The van der Waals surface area contributed by atoms with E-state index in [1.165, 1.54) is 16.1 Å². The van der Waals surface area contributed by atoms with Gasteiger partial charge in [-0.15, -0.1) is 11.8 Å². The molecule has 0 saturated carbocycles. The Morgan fingerprint density at radius 1 is 0.931 bits per heavy atom. The Kier molecular flexibility index (Phi) is 6.71. The molecule has 1 saturated heterocycles. The van der Waals surface area contributed by atoms with Crippen molar-refractivity contribution in [2.75, 3.05) is 31.9 Å². The Morgan fingerprint density at radius 2 is 1.52 bits per heavy atom. The molecule has 29 heavy (non-hydrogen) atoms. The van der Waals surface area contributed by atoms with Crippen LogP contribution in [-0.2, 0) is 14.8 Å². The van der Waals surface area contributed by atoms with Crippen LogP contribution in [0.25, 0.3) is 0 Å². The Morgan fingerprint density at radius 3 is 2.10 bits per heavy atom. The number of aryl methyl sites for hydroxylation is 4. The molecule has 3 rings (SSSR count).